The number of aromatic nitrogens is 2. The molecule has 0 amide bonds. The van der Waals surface area contributed by atoms with Crippen LogP contribution in [0.2, 0.25) is 0 Å². The quantitative estimate of drug-likeness (QED) is 0.864. The summed E-state index contributed by atoms with van der Waals surface area (Å²) in [5.41, 5.74) is 0.932. The van der Waals surface area contributed by atoms with Crippen LogP contribution in [0.1, 0.15) is 58.5 Å². The van der Waals surface area contributed by atoms with Gasteiger partial charge in [-0.15, -0.1) is 0 Å². The van der Waals surface area contributed by atoms with E-state index in [0.717, 1.165) is 17.9 Å². The van der Waals surface area contributed by atoms with Crippen molar-refractivity contribution in [2.45, 2.75) is 52.4 Å². The van der Waals surface area contributed by atoms with Gasteiger partial charge in [0.2, 0.25) is 0 Å². The lowest BCUT2D eigenvalue weighted by Gasteiger charge is -2.20. The van der Waals surface area contributed by atoms with Gasteiger partial charge in [-0.25, -0.2) is 4.98 Å². The molecule has 0 aromatic carbocycles. The summed E-state index contributed by atoms with van der Waals surface area (Å²) >= 11 is 3.34. The van der Waals surface area contributed by atoms with Crippen LogP contribution in [0, 0.1) is 5.41 Å². The van der Waals surface area contributed by atoms with E-state index in [4.69, 9.17) is 0 Å². The highest BCUT2D eigenvalue weighted by Crippen LogP contribution is 2.57. The molecule has 2 rings (SSSR count). The molecule has 4 heteroatoms. The van der Waals surface area contributed by atoms with E-state index >= 15 is 0 Å². The zero-order valence-electron chi connectivity index (χ0n) is 11.0. The first-order chi connectivity index (χ1) is 7.63. The van der Waals surface area contributed by atoms with Crippen LogP contribution in [-0.2, 0) is 5.41 Å². The number of hydrogen-bond donors (Lipinski definition) is 1. The standard InChI is InChI=1S/C13H19BrN2O/c1-12(2,3)9-8(14)11(17)16-10(15-9)7-6-13(7,4)5/h7H,6H2,1-5H3,(H,15,16,17). The molecule has 0 spiro atoms. The number of H-pyrrole nitrogens is 1. The first-order valence-corrected chi connectivity index (χ1v) is 6.72. The van der Waals surface area contributed by atoms with E-state index in [9.17, 15) is 4.79 Å². The second-order valence-electron chi connectivity index (χ2n) is 6.61. The summed E-state index contributed by atoms with van der Waals surface area (Å²) < 4.78 is 0.562. The topological polar surface area (TPSA) is 45.8 Å². The highest BCUT2D eigenvalue weighted by molar-refractivity contribution is 9.10. The van der Waals surface area contributed by atoms with Crippen molar-refractivity contribution in [3.05, 3.63) is 26.3 Å². The van der Waals surface area contributed by atoms with Crippen LogP contribution in [0.5, 0.6) is 0 Å². The molecule has 94 valence electrons. The molecule has 1 fully saturated rings. The van der Waals surface area contributed by atoms with E-state index in [1.807, 2.05) is 0 Å². The van der Waals surface area contributed by atoms with E-state index in [-0.39, 0.29) is 16.4 Å². The maximum atomic E-state index is 11.9. The molecule has 0 saturated heterocycles. The second-order valence-corrected chi connectivity index (χ2v) is 7.40. The molecule has 1 aliphatic rings. The van der Waals surface area contributed by atoms with Gasteiger partial charge in [-0.1, -0.05) is 34.6 Å². The first kappa shape index (κ1) is 12.8. The van der Waals surface area contributed by atoms with Crippen molar-refractivity contribution in [3.8, 4) is 0 Å². The van der Waals surface area contributed by atoms with Crippen LogP contribution in [0.25, 0.3) is 0 Å². The fraction of sp³-hybridized carbons (Fsp3) is 0.692. The number of hydrogen-bond acceptors (Lipinski definition) is 2. The smallest absolute Gasteiger partial charge is 0.265 e. The van der Waals surface area contributed by atoms with Crippen LogP contribution >= 0.6 is 15.9 Å². The third kappa shape index (κ3) is 2.32. The SMILES string of the molecule is CC(C)(C)c1nc(C2CC2(C)C)[nH]c(=O)c1Br. The zero-order chi connectivity index (χ0) is 13.0. The number of nitrogens with one attached hydrogen (secondary N) is 1. The summed E-state index contributed by atoms with van der Waals surface area (Å²) in [6.45, 7) is 10.6. The minimum absolute atomic E-state index is 0.0670. The van der Waals surface area contributed by atoms with Crippen molar-refractivity contribution in [1.82, 2.24) is 9.97 Å². The normalized spacial score (nSPS) is 22.6. The van der Waals surface area contributed by atoms with Gasteiger partial charge in [-0.3, -0.25) is 4.79 Å². The van der Waals surface area contributed by atoms with Crippen molar-refractivity contribution in [2.75, 3.05) is 0 Å². The fourth-order valence-corrected chi connectivity index (χ4v) is 2.85. The minimum atomic E-state index is -0.124. The Morgan fingerprint density at radius 2 is 1.94 bits per heavy atom. The molecular weight excluding hydrogens is 280 g/mol. The molecule has 1 unspecified atom stereocenters. The Kier molecular flexibility index (Phi) is 2.77. The van der Waals surface area contributed by atoms with Gasteiger partial charge in [0.15, 0.2) is 0 Å². The van der Waals surface area contributed by atoms with Gasteiger partial charge in [-0.05, 0) is 27.8 Å². The Hall–Kier alpha value is -0.640. The van der Waals surface area contributed by atoms with E-state index in [1.165, 1.54) is 0 Å². The maximum absolute atomic E-state index is 11.9. The largest absolute Gasteiger partial charge is 0.309 e. The predicted molar refractivity (Wildman–Crippen MR) is 72.4 cm³/mol. The van der Waals surface area contributed by atoms with Crippen molar-refractivity contribution < 1.29 is 0 Å². The molecule has 17 heavy (non-hydrogen) atoms. The van der Waals surface area contributed by atoms with Gasteiger partial charge in [0.25, 0.3) is 5.56 Å². The Labute approximate surface area is 110 Å². The summed E-state index contributed by atoms with van der Waals surface area (Å²) in [5, 5.41) is 0. The number of rotatable bonds is 1. The third-order valence-electron chi connectivity index (χ3n) is 3.44. The Morgan fingerprint density at radius 1 is 1.41 bits per heavy atom. The molecule has 1 aromatic rings. The molecule has 1 aromatic heterocycles. The van der Waals surface area contributed by atoms with Gasteiger partial charge in [0.1, 0.15) is 10.3 Å². The van der Waals surface area contributed by atoms with E-state index < -0.39 is 0 Å². The summed E-state index contributed by atoms with van der Waals surface area (Å²) in [4.78, 5) is 19.5. The highest BCUT2D eigenvalue weighted by atomic mass is 79.9. The summed E-state index contributed by atoms with van der Waals surface area (Å²) in [7, 11) is 0. The molecule has 1 atom stereocenters. The lowest BCUT2D eigenvalue weighted by Crippen LogP contribution is -2.23. The number of halogens is 1. The zero-order valence-corrected chi connectivity index (χ0v) is 12.6. The van der Waals surface area contributed by atoms with E-state index in [1.54, 1.807) is 0 Å². The summed E-state index contributed by atoms with van der Waals surface area (Å²) in [6.07, 6.45) is 1.10. The number of nitrogens with zero attached hydrogens (tertiary/aromatic N) is 1. The van der Waals surface area contributed by atoms with Gasteiger partial charge >= 0.3 is 0 Å². The number of aromatic amines is 1. The third-order valence-corrected chi connectivity index (χ3v) is 4.17. The highest BCUT2D eigenvalue weighted by Gasteiger charge is 2.48. The molecule has 1 aliphatic carbocycles. The van der Waals surface area contributed by atoms with Crippen LogP contribution < -0.4 is 5.56 Å². The van der Waals surface area contributed by atoms with E-state index in [0.29, 0.717) is 10.4 Å². The lowest BCUT2D eigenvalue weighted by atomic mass is 9.92. The van der Waals surface area contributed by atoms with Crippen LogP contribution in [0.15, 0.2) is 9.27 Å². The average molecular weight is 299 g/mol. The van der Waals surface area contributed by atoms with Gasteiger partial charge in [0.05, 0.1) is 5.69 Å². The van der Waals surface area contributed by atoms with Crippen molar-refractivity contribution in [3.63, 3.8) is 0 Å². The van der Waals surface area contributed by atoms with Crippen molar-refractivity contribution >= 4 is 15.9 Å². The van der Waals surface area contributed by atoms with Crippen molar-refractivity contribution in [1.29, 1.82) is 0 Å². The fourth-order valence-electron chi connectivity index (χ4n) is 2.07. The van der Waals surface area contributed by atoms with Crippen LogP contribution in [0.3, 0.4) is 0 Å². The monoisotopic (exact) mass is 298 g/mol. The van der Waals surface area contributed by atoms with E-state index in [2.05, 4.69) is 60.5 Å². The Balaban J connectivity index is 2.52. The molecular formula is C13H19BrN2O. The molecule has 3 nitrogen and oxygen atoms in total. The maximum Gasteiger partial charge on any atom is 0.265 e. The second kappa shape index (κ2) is 3.67. The molecule has 0 aliphatic heterocycles. The van der Waals surface area contributed by atoms with Gasteiger partial charge in [-0.2, -0.15) is 0 Å². The molecule has 1 saturated carbocycles. The van der Waals surface area contributed by atoms with Crippen molar-refractivity contribution in [2.24, 2.45) is 5.41 Å². The average Bonchev–Trinajstić information content (AvgIpc) is 2.78. The molecule has 0 bridgehead atoms. The molecule has 1 heterocycles. The van der Waals surface area contributed by atoms with Crippen LogP contribution in [0.4, 0.5) is 0 Å². The summed E-state index contributed by atoms with van der Waals surface area (Å²) in [5.74, 6) is 1.23. The summed E-state index contributed by atoms with van der Waals surface area (Å²) in [6, 6.07) is 0. The molecule has 0 radical (unpaired) electrons. The lowest BCUT2D eigenvalue weighted by molar-refractivity contribution is 0.547. The predicted octanol–water partition coefficient (Wildman–Crippen LogP) is 3.34. The Bertz CT molecular complexity index is 511. The Morgan fingerprint density at radius 3 is 2.35 bits per heavy atom. The van der Waals surface area contributed by atoms with Crippen LogP contribution in [-0.4, -0.2) is 9.97 Å². The van der Waals surface area contributed by atoms with Gasteiger partial charge in [0, 0.05) is 11.3 Å². The molecule has 1 N–H and O–H groups in total. The van der Waals surface area contributed by atoms with Gasteiger partial charge < -0.3 is 4.98 Å². The first-order valence-electron chi connectivity index (χ1n) is 5.93. The minimum Gasteiger partial charge on any atom is -0.309 e.